The zero-order valence-electron chi connectivity index (χ0n) is 7.08. The van der Waals surface area contributed by atoms with Crippen LogP contribution in [0, 0.1) is 0 Å². The molecule has 1 atom stereocenters. The van der Waals surface area contributed by atoms with Crippen molar-refractivity contribution in [1.29, 1.82) is 0 Å². The number of hydrogen-bond donors (Lipinski definition) is 2. The minimum absolute atomic E-state index is 0.218. The van der Waals surface area contributed by atoms with Crippen molar-refractivity contribution < 1.29 is 18.3 Å². The smallest absolute Gasteiger partial charge is 0.379 e. The van der Waals surface area contributed by atoms with E-state index in [0.717, 1.165) is 11.3 Å². The summed E-state index contributed by atoms with van der Waals surface area (Å²) >= 11 is 1.05. The molecule has 0 spiro atoms. The van der Waals surface area contributed by atoms with Crippen LogP contribution in [0.1, 0.15) is 5.01 Å². The quantitative estimate of drug-likeness (QED) is 0.806. The van der Waals surface area contributed by atoms with Gasteiger partial charge in [-0.25, -0.2) is 4.98 Å². The number of aliphatic hydroxyl groups is 1. The molecule has 0 amide bonds. The van der Waals surface area contributed by atoms with Crippen molar-refractivity contribution in [3.8, 4) is 0 Å². The van der Waals surface area contributed by atoms with E-state index in [4.69, 9.17) is 5.73 Å². The van der Waals surface area contributed by atoms with Crippen molar-refractivity contribution in [2.75, 3.05) is 6.54 Å². The maximum absolute atomic E-state index is 12.3. The third-order valence-electron chi connectivity index (χ3n) is 1.79. The lowest BCUT2D eigenvalue weighted by molar-refractivity contribution is -0.255. The molecule has 0 aliphatic carbocycles. The molecule has 0 fully saturated rings. The number of hydrogen-bond acceptors (Lipinski definition) is 4. The number of nitrogens with zero attached hydrogens (tertiary/aromatic N) is 1. The topological polar surface area (TPSA) is 59.1 Å². The molecule has 1 heterocycles. The highest BCUT2D eigenvalue weighted by Gasteiger charge is 2.53. The lowest BCUT2D eigenvalue weighted by Crippen LogP contribution is -2.52. The molecule has 0 aromatic carbocycles. The first-order valence-electron chi connectivity index (χ1n) is 3.76. The van der Waals surface area contributed by atoms with Crippen molar-refractivity contribution in [3.63, 3.8) is 0 Å². The Hall–Kier alpha value is -0.660. The maximum atomic E-state index is 12.3. The largest absolute Gasteiger partial charge is 0.418 e. The van der Waals surface area contributed by atoms with Crippen LogP contribution in [-0.4, -0.2) is 28.4 Å². The van der Waals surface area contributed by atoms with Crippen LogP contribution < -0.4 is 5.73 Å². The summed E-state index contributed by atoms with van der Waals surface area (Å²) in [6, 6.07) is 0. The first kappa shape index (κ1) is 11.4. The van der Waals surface area contributed by atoms with Gasteiger partial charge in [0.2, 0.25) is 0 Å². The first-order valence-corrected chi connectivity index (χ1v) is 4.64. The second-order valence-electron chi connectivity index (χ2n) is 2.84. The highest BCUT2D eigenvalue weighted by atomic mass is 32.1. The molecule has 1 rings (SSSR count). The van der Waals surface area contributed by atoms with Crippen molar-refractivity contribution in [2.24, 2.45) is 5.73 Å². The average Bonchev–Trinajstić information content (AvgIpc) is 2.54. The van der Waals surface area contributed by atoms with Crippen LogP contribution in [0.3, 0.4) is 0 Å². The Kier molecular flexibility index (Phi) is 3.13. The van der Waals surface area contributed by atoms with E-state index in [1.54, 1.807) is 5.38 Å². The van der Waals surface area contributed by atoms with Crippen LogP contribution in [0.15, 0.2) is 11.6 Å². The maximum Gasteiger partial charge on any atom is 0.418 e. The Morgan fingerprint density at radius 2 is 2.14 bits per heavy atom. The van der Waals surface area contributed by atoms with E-state index in [0.29, 0.717) is 0 Å². The number of nitrogens with two attached hydrogens (primary N) is 1. The van der Waals surface area contributed by atoms with Gasteiger partial charge in [-0.05, 0) is 0 Å². The zero-order valence-corrected chi connectivity index (χ0v) is 7.90. The fraction of sp³-hybridized carbons (Fsp3) is 0.571. The summed E-state index contributed by atoms with van der Waals surface area (Å²) in [6.45, 7) is -0.865. The van der Waals surface area contributed by atoms with Gasteiger partial charge in [0.15, 0.2) is 5.60 Å². The Morgan fingerprint density at radius 1 is 1.50 bits per heavy atom. The number of alkyl halides is 3. The van der Waals surface area contributed by atoms with Gasteiger partial charge in [0, 0.05) is 24.5 Å². The molecular formula is C7H9F3N2OS. The number of halogens is 3. The zero-order chi connectivity index (χ0) is 10.8. The lowest BCUT2D eigenvalue weighted by Gasteiger charge is -2.27. The third-order valence-corrected chi connectivity index (χ3v) is 2.57. The normalized spacial score (nSPS) is 16.6. The molecule has 14 heavy (non-hydrogen) atoms. The van der Waals surface area contributed by atoms with Gasteiger partial charge in [-0.15, -0.1) is 11.3 Å². The molecule has 0 aliphatic heterocycles. The van der Waals surface area contributed by atoms with Gasteiger partial charge < -0.3 is 10.8 Å². The van der Waals surface area contributed by atoms with Crippen LogP contribution in [0.5, 0.6) is 0 Å². The highest BCUT2D eigenvalue weighted by molar-refractivity contribution is 7.09. The predicted molar refractivity (Wildman–Crippen MR) is 45.9 cm³/mol. The Bertz CT molecular complexity index is 288. The minimum atomic E-state index is -4.73. The van der Waals surface area contributed by atoms with Crippen LogP contribution >= 0.6 is 11.3 Å². The van der Waals surface area contributed by atoms with Crippen LogP contribution in [0.4, 0.5) is 13.2 Å². The summed E-state index contributed by atoms with van der Waals surface area (Å²) in [7, 11) is 0. The lowest BCUT2D eigenvalue weighted by atomic mass is 10.00. The summed E-state index contributed by atoms with van der Waals surface area (Å²) in [6.07, 6.45) is -3.94. The average molecular weight is 226 g/mol. The van der Waals surface area contributed by atoms with Crippen LogP contribution in [0.25, 0.3) is 0 Å². The van der Waals surface area contributed by atoms with E-state index in [1.807, 2.05) is 0 Å². The van der Waals surface area contributed by atoms with Gasteiger partial charge in [-0.3, -0.25) is 0 Å². The van der Waals surface area contributed by atoms with Crippen molar-refractivity contribution in [2.45, 2.75) is 18.2 Å². The highest BCUT2D eigenvalue weighted by Crippen LogP contribution is 2.32. The molecule has 0 saturated heterocycles. The van der Waals surface area contributed by atoms with Gasteiger partial charge in [-0.2, -0.15) is 13.2 Å². The Morgan fingerprint density at radius 3 is 2.50 bits per heavy atom. The summed E-state index contributed by atoms with van der Waals surface area (Å²) < 4.78 is 37.0. The summed E-state index contributed by atoms with van der Waals surface area (Å²) in [5, 5.41) is 11.0. The van der Waals surface area contributed by atoms with Crippen molar-refractivity contribution >= 4 is 11.3 Å². The molecule has 1 aromatic heterocycles. The third kappa shape index (κ3) is 2.23. The SMILES string of the molecule is NCC(O)(Cc1nccs1)C(F)(F)F. The van der Waals surface area contributed by atoms with Gasteiger partial charge in [0.1, 0.15) is 0 Å². The summed E-state index contributed by atoms with van der Waals surface area (Å²) in [5.41, 5.74) is 2.05. The number of aromatic nitrogens is 1. The van der Waals surface area contributed by atoms with Gasteiger partial charge in [0.05, 0.1) is 5.01 Å². The van der Waals surface area contributed by atoms with Gasteiger partial charge >= 0.3 is 6.18 Å². The minimum Gasteiger partial charge on any atom is -0.379 e. The molecule has 1 aromatic rings. The summed E-state index contributed by atoms with van der Waals surface area (Å²) in [5.74, 6) is 0. The second kappa shape index (κ2) is 3.84. The standard InChI is InChI=1S/C7H9F3N2OS/c8-7(9,10)6(13,4-11)3-5-12-1-2-14-5/h1-2,13H,3-4,11H2. The number of rotatable bonds is 3. The molecule has 1 unspecified atom stereocenters. The Balaban J connectivity index is 2.82. The van der Waals surface area contributed by atoms with Gasteiger partial charge in [-0.1, -0.05) is 0 Å². The predicted octanol–water partition coefficient (Wildman–Crippen LogP) is 0.938. The number of thiazole rings is 1. The van der Waals surface area contributed by atoms with Gasteiger partial charge in [0.25, 0.3) is 0 Å². The van der Waals surface area contributed by atoms with E-state index in [-0.39, 0.29) is 5.01 Å². The molecule has 0 aliphatic rings. The second-order valence-corrected chi connectivity index (χ2v) is 3.82. The van der Waals surface area contributed by atoms with E-state index >= 15 is 0 Å². The molecule has 0 saturated carbocycles. The van der Waals surface area contributed by atoms with Crippen LogP contribution in [-0.2, 0) is 6.42 Å². The van der Waals surface area contributed by atoms with E-state index in [9.17, 15) is 18.3 Å². The molecule has 0 radical (unpaired) electrons. The first-order chi connectivity index (χ1) is 6.39. The fourth-order valence-corrected chi connectivity index (χ4v) is 1.60. The van der Waals surface area contributed by atoms with Crippen molar-refractivity contribution in [3.05, 3.63) is 16.6 Å². The Labute approximate surface area is 82.4 Å². The monoisotopic (exact) mass is 226 g/mol. The van der Waals surface area contributed by atoms with Crippen molar-refractivity contribution in [1.82, 2.24) is 4.98 Å². The molecule has 7 heteroatoms. The fourth-order valence-electron chi connectivity index (χ4n) is 0.879. The molecule has 80 valence electrons. The van der Waals surface area contributed by atoms with E-state index in [1.165, 1.54) is 6.20 Å². The molecular weight excluding hydrogens is 217 g/mol. The van der Waals surface area contributed by atoms with E-state index in [2.05, 4.69) is 4.98 Å². The van der Waals surface area contributed by atoms with Crippen LogP contribution in [0.2, 0.25) is 0 Å². The van der Waals surface area contributed by atoms with E-state index < -0.39 is 24.7 Å². The molecule has 3 N–H and O–H groups in total. The summed E-state index contributed by atoms with van der Waals surface area (Å²) in [4.78, 5) is 3.67. The molecule has 0 bridgehead atoms. The molecule has 3 nitrogen and oxygen atoms in total.